The van der Waals surface area contributed by atoms with Crippen molar-refractivity contribution in [3.63, 3.8) is 0 Å². The normalized spacial score (nSPS) is 10.7. The fraction of sp³-hybridized carbons (Fsp3) is 0.211. The van der Waals surface area contributed by atoms with E-state index >= 15 is 0 Å². The molecule has 0 aliphatic heterocycles. The van der Waals surface area contributed by atoms with Gasteiger partial charge in [-0.25, -0.2) is 0 Å². The van der Waals surface area contributed by atoms with E-state index in [9.17, 15) is 4.79 Å². The Bertz CT molecular complexity index is 781. The number of hydrogen-bond donors (Lipinski definition) is 0. The highest BCUT2D eigenvalue weighted by atomic mass is 79.9. The second-order valence-corrected chi connectivity index (χ2v) is 5.97. The van der Waals surface area contributed by atoms with Crippen LogP contribution in [-0.2, 0) is 0 Å². The molecule has 0 bridgehead atoms. The summed E-state index contributed by atoms with van der Waals surface area (Å²) in [4.78, 5) is 12.4. The lowest BCUT2D eigenvalue weighted by molar-refractivity contribution is 0.104. The molecular weight excluding hydrogens is 372 g/mol. The van der Waals surface area contributed by atoms with Crippen molar-refractivity contribution in [2.75, 3.05) is 21.3 Å². The molecule has 0 saturated carbocycles. The average molecular weight is 391 g/mol. The van der Waals surface area contributed by atoms with Gasteiger partial charge in [0.2, 0.25) is 0 Å². The van der Waals surface area contributed by atoms with Crippen LogP contribution in [-0.4, -0.2) is 27.1 Å². The number of benzene rings is 2. The van der Waals surface area contributed by atoms with E-state index in [-0.39, 0.29) is 5.78 Å². The van der Waals surface area contributed by atoms with E-state index in [4.69, 9.17) is 14.2 Å². The van der Waals surface area contributed by atoms with Crippen LogP contribution in [0.3, 0.4) is 0 Å². The van der Waals surface area contributed by atoms with Crippen molar-refractivity contribution in [3.8, 4) is 17.2 Å². The van der Waals surface area contributed by atoms with Gasteiger partial charge in [-0.05, 0) is 48.4 Å². The van der Waals surface area contributed by atoms with Gasteiger partial charge in [-0.3, -0.25) is 4.79 Å². The molecule has 2 aromatic carbocycles. The maximum absolute atomic E-state index is 12.4. The summed E-state index contributed by atoms with van der Waals surface area (Å²) >= 11 is 3.47. The first-order valence-corrected chi connectivity index (χ1v) is 8.08. The predicted molar refractivity (Wildman–Crippen MR) is 98.3 cm³/mol. The van der Waals surface area contributed by atoms with Gasteiger partial charge in [0.05, 0.1) is 21.3 Å². The van der Waals surface area contributed by atoms with Gasteiger partial charge >= 0.3 is 0 Å². The average Bonchev–Trinajstić information content (AvgIpc) is 2.60. The first kappa shape index (κ1) is 18.1. The molecule has 0 radical (unpaired) electrons. The molecule has 0 heterocycles. The van der Waals surface area contributed by atoms with Crippen LogP contribution in [0.5, 0.6) is 17.2 Å². The number of carbonyl (C=O) groups is 1. The first-order valence-electron chi connectivity index (χ1n) is 7.28. The zero-order valence-corrected chi connectivity index (χ0v) is 15.6. The molecular formula is C19H19BrO4. The van der Waals surface area contributed by atoms with Gasteiger partial charge < -0.3 is 14.2 Å². The Morgan fingerprint density at radius 3 is 2.21 bits per heavy atom. The molecule has 0 amide bonds. The van der Waals surface area contributed by atoms with Crippen LogP contribution in [0.25, 0.3) is 6.08 Å². The Morgan fingerprint density at radius 1 is 0.958 bits per heavy atom. The number of aryl methyl sites for hydroxylation is 1. The lowest BCUT2D eigenvalue weighted by atomic mass is 10.1. The van der Waals surface area contributed by atoms with Crippen LogP contribution in [0, 0.1) is 6.92 Å². The van der Waals surface area contributed by atoms with Crippen LogP contribution >= 0.6 is 15.9 Å². The van der Waals surface area contributed by atoms with Gasteiger partial charge in [0.15, 0.2) is 17.3 Å². The third-order valence-corrected chi connectivity index (χ3v) is 4.30. The number of ketones is 1. The molecule has 4 nitrogen and oxygen atoms in total. The standard InChI is InChI=1S/C19H19BrO4/c1-12-5-6-14(10-17(12)22-2)16(21)8-7-13-9-18(23-3)19(24-4)11-15(13)20/h5-11H,1-4H3/b8-7+. The smallest absolute Gasteiger partial charge is 0.185 e. The Morgan fingerprint density at radius 2 is 1.58 bits per heavy atom. The molecule has 0 unspecified atom stereocenters. The van der Waals surface area contributed by atoms with Crippen molar-refractivity contribution < 1.29 is 19.0 Å². The zero-order valence-electron chi connectivity index (χ0n) is 14.1. The summed E-state index contributed by atoms with van der Waals surface area (Å²) in [6.45, 7) is 1.93. The Kier molecular flexibility index (Phi) is 6.04. The van der Waals surface area contributed by atoms with Crippen molar-refractivity contribution in [1.29, 1.82) is 0 Å². The van der Waals surface area contributed by atoms with Crippen molar-refractivity contribution in [2.45, 2.75) is 6.92 Å². The predicted octanol–water partition coefficient (Wildman–Crippen LogP) is 4.68. The SMILES string of the molecule is COc1cc(C(=O)/C=C/c2cc(OC)c(OC)cc2Br)ccc1C. The molecule has 0 saturated heterocycles. The van der Waals surface area contributed by atoms with Gasteiger partial charge in [-0.15, -0.1) is 0 Å². The topological polar surface area (TPSA) is 44.8 Å². The fourth-order valence-electron chi connectivity index (χ4n) is 2.23. The van der Waals surface area contributed by atoms with Gasteiger partial charge in [0.25, 0.3) is 0 Å². The number of hydrogen-bond acceptors (Lipinski definition) is 4. The van der Waals surface area contributed by atoms with Gasteiger partial charge in [-0.1, -0.05) is 28.1 Å². The second-order valence-electron chi connectivity index (χ2n) is 5.11. The van der Waals surface area contributed by atoms with Crippen LogP contribution in [0.2, 0.25) is 0 Å². The van der Waals surface area contributed by atoms with E-state index in [0.717, 1.165) is 15.6 Å². The second kappa shape index (κ2) is 8.02. The lowest BCUT2D eigenvalue weighted by Crippen LogP contribution is -1.97. The third kappa shape index (κ3) is 3.97. The van der Waals surface area contributed by atoms with E-state index in [1.165, 1.54) is 6.08 Å². The molecule has 0 aromatic heterocycles. The molecule has 0 atom stereocenters. The molecule has 2 rings (SSSR count). The van der Waals surface area contributed by atoms with Crippen molar-refractivity contribution >= 4 is 27.8 Å². The molecule has 5 heteroatoms. The summed E-state index contributed by atoms with van der Waals surface area (Å²) in [6.07, 6.45) is 3.26. The highest BCUT2D eigenvalue weighted by molar-refractivity contribution is 9.10. The summed E-state index contributed by atoms with van der Waals surface area (Å²) in [5.41, 5.74) is 2.38. The lowest BCUT2D eigenvalue weighted by Gasteiger charge is -2.10. The zero-order chi connectivity index (χ0) is 17.7. The number of carbonyl (C=O) groups excluding carboxylic acids is 1. The minimum Gasteiger partial charge on any atom is -0.496 e. The van der Waals surface area contributed by atoms with E-state index in [0.29, 0.717) is 22.8 Å². The van der Waals surface area contributed by atoms with E-state index in [1.54, 1.807) is 45.6 Å². The molecule has 126 valence electrons. The monoisotopic (exact) mass is 390 g/mol. The van der Waals surface area contributed by atoms with Gasteiger partial charge in [0, 0.05) is 10.0 Å². The summed E-state index contributed by atoms with van der Waals surface area (Å²) in [6, 6.07) is 9.01. The fourth-order valence-corrected chi connectivity index (χ4v) is 2.69. The van der Waals surface area contributed by atoms with Crippen molar-refractivity contribution in [3.05, 3.63) is 57.6 Å². The minimum absolute atomic E-state index is 0.102. The van der Waals surface area contributed by atoms with Crippen molar-refractivity contribution in [1.82, 2.24) is 0 Å². The molecule has 0 aliphatic rings. The number of halogens is 1. The van der Waals surface area contributed by atoms with Gasteiger partial charge in [-0.2, -0.15) is 0 Å². The highest BCUT2D eigenvalue weighted by Crippen LogP contribution is 2.34. The van der Waals surface area contributed by atoms with Gasteiger partial charge in [0.1, 0.15) is 5.75 Å². The largest absolute Gasteiger partial charge is 0.496 e. The van der Waals surface area contributed by atoms with E-state index in [2.05, 4.69) is 15.9 Å². The summed E-state index contributed by atoms with van der Waals surface area (Å²) in [7, 11) is 4.74. The Labute approximate surface area is 150 Å². The molecule has 24 heavy (non-hydrogen) atoms. The maximum Gasteiger partial charge on any atom is 0.185 e. The van der Waals surface area contributed by atoms with Crippen molar-refractivity contribution in [2.24, 2.45) is 0 Å². The van der Waals surface area contributed by atoms with E-state index < -0.39 is 0 Å². The first-order chi connectivity index (χ1) is 11.5. The van der Waals surface area contributed by atoms with Crippen LogP contribution in [0.1, 0.15) is 21.5 Å². The highest BCUT2D eigenvalue weighted by Gasteiger charge is 2.09. The van der Waals surface area contributed by atoms with Crippen LogP contribution < -0.4 is 14.2 Å². The minimum atomic E-state index is -0.102. The Hall–Kier alpha value is -2.27. The third-order valence-electron chi connectivity index (χ3n) is 3.61. The number of rotatable bonds is 6. The number of ether oxygens (including phenoxy) is 3. The van der Waals surface area contributed by atoms with Crippen LogP contribution in [0.4, 0.5) is 0 Å². The molecule has 0 spiro atoms. The molecule has 0 N–H and O–H groups in total. The molecule has 2 aromatic rings. The summed E-state index contributed by atoms with van der Waals surface area (Å²) in [5.74, 6) is 1.82. The summed E-state index contributed by atoms with van der Waals surface area (Å²) in [5, 5.41) is 0. The quantitative estimate of drug-likeness (QED) is 0.530. The summed E-state index contributed by atoms with van der Waals surface area (Å²) < 4.78 is 16.6. The molecule has 0 aliphatic carbocycles. The number of allylic oxidation sites excluding steroid dienone is 1. The maximum atomic E-state index is 12.4. The molecule has 0 fully saturated rings. The Balaban J connectivity index is 2.29. The van der Waals surface area contributed by atoms with Crippen LogP contribution in [0.15, 0.2) is 40.9 Å². The number of methoxy groups -OCH3 is 3. The van der Waals surface area contributed by atoms with E-state index in [1.807, 2.05) is 19.1 Å².